The molecule has 0 unspecified atom stereocenters. The SMILES string of the molecule is CC(=O)N[C@@H]1CCCN(C(=O)CNC[C@@H]2CCCO2)C1. The van der Waals surface area contributed by atoms with E-state index in [0.717, 1.165) is 45.4 Å². The Balaban J connectivity index is 1.67. The lowest BCUT2D eigenvalue weighted by atomic mass is 10.1. The number of piperidine rings is 1. The van der Waals surface area contributed by atoms with Crippen LogP contribution in [0.3, 0.4) is 0 Å². The predicted molar refractivity (Wildman–Crippen MR) is 75.3 cm³/mol. The van der Waals surface area contributed by atoms with Gasteiger partial charge in [-0.05, 0) is 25.7 Å². The van der Waals surface area contributed by atoms with Crippen molar-refractivity contribution in [1.29, 1.82) is 0 Å². The molecule has 0 aromatic carbocycles. The highest BCUT2D eigenvalue weighted by atomic mass is 16.5. The lowest BCUT2D eigenvalue weighted by Crippen LogP contribution is -2.51. The molecular weight excluding hydrogens is 258 g/mol. The van der Waals surface area contributed by atoms with E-state index >= 15 is 0 Å². The molecular formula is C14H25N3O3. The minimum absolute atomic E-state index is 0.0270. The summed E-state index contributed by atoms with van der Waals surface area (Å²) in [6.45, 7) is 4.87. The van der Waals surface area contributed by atoms with Gasteiger partial charge in [-0.25, -0.2) is 0 Å². The molecule has 2 saturated heterocycles. The van der Waals surface area contributed by atoms with Gasteiger partial charge in [-0.15, -0.1) is 0 Å². The van der Waals surface area contributed by atoms with Gasteiger partial charge in [0.1, 0.15) is 0 Å². The molecule has 0 aliphatic carbocycles. The van der Waals surface area contributed by atoms with E-state index in [1.54, 1.807) is 0 Å². The van der Waals surface area contributed by atoms with Crippen LogP contribution < -0.4 is 10.6 Å². The molecule has 0 saturated carbocycles. The van der Waals surface area contributed by atoms with Gasteiger partial charge < -0.3 is 20.3 Å². The van der Waals surface area contributed by atoms with Gasteiger partial charge in [0.25, 0.3) is 0 Å². The number of hydrogen-bond acceptors (Lipinski definition) is 4. The van der Waals surface area contributed by atoms with Crippen LogP contribution in [0.1, 0.15) is 32.6 Å². The van der Waals surface area contributed by atoms with Crippen LogP contribution in [0.15, 0.2) is 0 Å². The maximum atomic E-state index is 12.1. The molecule has 0 radical (unpaired) electrons. The molecule has 2 fully saturated rings. The van der Waals surface area contributed by atoms with Crippen LogP contribution in [0.4, 0.5) is 0 Å². The summed E-state index contributed by atoms with van der Waals surface area (Å²) in [5.41, 5.74) is 0. The van der Waals surface area contributed by atoms with E-state index in [1.165, 1.54) is 6.92 Å². The monoisotopic (exact) mass is 283 g/mol. The van der Waals surface area contributed by atoms with Crippen molar-refractivity contribution in [3.05, 3.63) is 0 Å². The standard InChI is InChI=1S/C14H25N3O3/c1-11(18)16-12-4-2-6-17(10-12)14(19)9-15-8-13-5-3-7-20-13/h12-13,15H,2-10H2,1H3,(H,16,18)/t12-,13+/m1/s1. The molecule has 2 N–H and O–H groups in total. The molecule has 6 heteroatoms. The van der Waals surface area contributed by atoms with Crippen molar-refractivity contribution >= 4 is 11.8 Å². The number of carbonyl (C=O) groups excluding carboxylic acids is 2. The van der Waals surface area contributed by atoms with Crippen LogP contribution in [0.25, 0.3) is 0 Å². The Labute approximate surface area is 120 Å². The average molecular weight is 283 g/mol. The third-order valence-electron chi connectivity index (χ3n) is 3.85. The average Bonchev–Trinajstić information content (AvgIpc) is 2.91. The maximum absolute atomic E-state index is 12.1. The van der Waals surface area contributed by atoms with Crippen LogP contribution in [0.5, 0.6) is 0 Å². The first-order valence-electron chi connectivity index (χ1n) is 7.52. The fourth-order valence-electron chi connectivity index (χ4n) is 2.87. The minimum atomic E-state index is -0.0270. The number of carbonyl (C=O) groups is 2. The largest absolute Gasteiger partial charge is 0.377 e. The molecule has 2 aliphatic heterocycles. The van der Waals surface area contributed by atoms with E-state index in [9.17, 15) is 9.59 Å². The Morgan fingerprint density at radius 1 is 1.30 bits per heavy atom. The van der Waals surface area contributed by atoms with Crippen LogP contribution >= 0.6 is 0 Å². The zero-order chi connectivity index (χ0) is 14.4. The van der Waals surface area contributed by atoms with Crippen molar-refractivity contribution in [2.24, 2.45) is 0 Å². The zero-order valence-corrected chi connectivity index (χ0v) is 12.2. The van der Waals surface area contributed by atoms with Gasteiger partial charge in [0.05, 0.1) is 12.6 Å². The van der Waals surface area contributed by atoms with Crippen molar-refractivity contribution in [3.8, 4) is 0 Å². The summed E-state index contributed by atoms with van der Waals surface area (Å²) in [6, 6.07) is 0.100. The highest BCUT2D eigenvalue weighted by Crippen LogP contribution is 2.11. The Morgan fingerprint density at radius 2 is 2.15 bits per heavy atom. The number of nitrogens with zero attached hydrogens (tertiary/aromatic N) is 1. The van der Waals surface area contributed by atoms with Crippen molar-refractivity contribution in [2.45, 2.75) is 44.8 Å². The van der Waals surface area contributed by atoms with Gasteiger partial charge in [-0.1, -0.05) is 0 Å². The summed E-state index contributed by atoms with van der Waals surface area (Å²) >= 11 is 0. The smallest absolute Gasteiger partial charge is 0.236 e. The Morgan fingerprint density at radius 3 is 2.85 bits per heavy atom. The van der Waals surface area contributed by atoms with E-state index in [2.05, 4.69) is 10.6 Å². The van der Waals surface area contributed by atoms with Crippen LogP contribution in [-0.2, 0) is 14.3 Å². The van der Waals surface area contributed by atoms with Crippen molar-refractivity contribution in [3.63, 3.8) is 0 Å². The Hall–Kier alpha value is -1.14. The van der Waals surface area contributed by atoms with Gasteiger partial charge in [-0.2, -0.15) is 0 Å². The molecule has 0 aromatic heterocycles. The second kappa shape index (κ2) is 7.59. The molecule has 20 heavy (non-hydrogen) atoms. The lowest BCUT2D eigenvalue weighted by molar-refractivity contribution is -0.132. The molecule has 2 aliphatic rings. The third kappa shape index (κ3) is 4.76. The van der Waals surface area contributed by atoms with E-state index < -0.39 is 0 Å². The zero-order valence-electron chi connectivity index (χ0n) is 12.2. The normalized spacial score (nSPS) is 26.6. The number of ether oxygens (including phenoxy) is 1. The summed E-state index contributed by atoms with van der Waals surface area (Å²) in [4.78, 5) is 25.0. The second-order valence-corrected chi connectivity index (χ2v) is 5.65. The molecule has 2 heterocycles. The number of rotatable bonds is 5. The maximum Gasteiger partial charge on any atom is 0.236 e. The Kier molecular flexibility index (Phi) is 5.79. The first kappa shape index (κ1) is 15.3. The van der Waals surface area contributed by atoms with Crippen molar-refractivity contribution in [1.82, 2.24) is 15.5 Å². The topological polar surface area (TPSA) is 70.7 Å². The molecule has 0 aromatic rings. The first-order valence-corrected chi connectivity index (χ1v) is 7.52. The quantitative estimate of drug-likeness (QED) is 0.738. The number of nitrogens with one attached hydrogen (secondary N) is 2. The fourth-order valence-corrected chi connectivity index (χ4v) is 2.87. The summed E-state index contributed by atoms with van der Waals surface area (Å²) in [5, 5.41) is 6.07. The highest BCUT2D eigenvalue weighted by molar-refractivity contribution is 5.78. The van der Waals surface area contributed by atoms with Crippen LogP contribution in [0, 0.1) is 0 Å². The van der Waals surface area contributed by atoms with Gasteiger partial charge in [0.15, 0.2) is 0 Å². The van der Waals surface area contributed by atoms with Gasteiger partial charge in [-0.3, -0.25) is 9.59 Å². The van der Waals surface area contributed by atoms with E-state index in [-0.39, 0.29) is 24.0 Å². The molecule has 0 spiro atoms. The molecule has 2 atom stereocenters. The summed E-state index contributed by atoms with van der Waals surface area (Å²) in [6.07, 6.45) is 4.35. The number of amides is 2. The van der Waals surface area contributed by atoms with Crippen molar-refractivity contribution in [2.75, 3.05) is 32.8 Å². The first-order chi connectivity index (χ1) is 9.65. The molecule has 2 amide bonds. The van der Waals surface area contributed by atoms with E-state index in [1.807, 2.05) is 4.90 Å². The minimum Gasteiger partial charge on any atom is -0.377 e. The van der Waals surface area contributed by atoms with Crippen LogP contribution in [-0.4, -0.2) is 61.6 Å². The van der Waals surface area contributed by atoms with E-state index in [0.29, 0.717) is 13.1 Å². The second-order valence-electron chi connectivity index (χ2n) is 5.65. The fraction of sp³-hybridized carbons (Fsp3) is 0.857. The van der Waals surface area contributed by atoms with Gasteiger partial charge in [0.2, 0.25) is 11.8 Å². The summed E-state index contributed by atoms with van der Waals surface area (Å²) in [5.74, 6) is 0.0823. The summed E-state index contributed by atoms with van der Waals surface area (Å²) in [7, 11) is 0. The third-order valence-corrected chi connectivity index (χ3v) is 3.85. The molecule has 6 nitrogen and oxygen atoms in total. The lowest BCUT2D eigenvalue weighted by Gasteiger charge is -2.33. The summed E-state index contributed by atoms with van der Waals surface area (Å²) < 4.78 is 5.51. The predicted octanol–water partition coefficient (Wildman–Crippen LogP) is -0.118. The molecule has 0 bridgehead atoms. The van der Waals surface area contributed by atoms with E-state index in [4.69, 9.17) is 4.74 Å². The Bertz CT molecular complexity index is 343. The van der Waals surface area contributed by atoms with Crippen molar-refractivity contribution < 1.29 is 14.3 Å². The van der Waals surface area contributed by atoms with Gasteiger partial charge in [0, 0.05) is 39.2 Å². The van der Waals surface area contributed by atoms with Gasteiger partial charge >= 0.3 is 0 Å². The molecule has 114 valence electrons. The van der Waals surface area contributed by atoms with Crippen LogP contribution in [0.2, 0.25) is 0 Å². The highest BCUT2D eigenvalue weighted by Gasteiger charge is 2.24. The number of likely N-dealkylation sites (tertiary alicyclic amines) is 1. The molecule has 2 rings (SSSR count). The number of hydrogen-bond donors (Lipinski definition) is 2.